The molecule has 0 aromatic carbocycles. The molecule has 24 heavy (non-hydrogen) atoms. The molecule has 1 aromatic rings. The summed E-state index contributed by atoms with van der Waals surface area (Å²) in [6.45, 7) is 5.98. The molecule has 1 aromatic heterocycles. The number of aliphatic hydroxyl groups excluding tert-OH is 1. The maximum atomic E-state index is 11.1. The van der Waals surface area contributed by atoms with Crippen molar-refractivity contribution in [2.45, 2.75) is 6.42 Å². The van der Waals surface area contributed by atoms with E-state index in [2.05, 4.69) is 19.8 Å². The topological polar surface area (TPSA) is 99.0 Å². The smallest absolute Gasteiger partial charge is 0.356 e. The Hall–Kier alpha value is -1.77. The first kappa shape index (κ1) is 17.1. The Kier molecular flexibility index (Phi) is 5.60. The highest BCUT2D eigenvalue weighted by molar-refractivity contribution is 5.85. The molecule has 0 radical (unpaired) electrons. The van der Waals surface area contributed by atoms with Gasteiger partial charge in [0.25, 0.3) is 0 Å². The zero-order valence-corrected chi connectivity index (χ0v) is 13.7. The van der Waals surface area contributed by atoms with Gasteiger partial charge in [0, 0.05) is 39.3 Å². The molecule has 2 fully saturated rings. The average Bonchev–Trinajstić information content (AvgIpc) is 2.62. The summed E-state index contributed by atoms with van der Waals surface area (Å²) in [6.07, 6.45) is 3.82. The van der Waals surface area contributed by atoms with Gasteiger partial charge in [0.1, 0.15) is 5.82 Å². The van der Waals surface area contributed by atoms with E-state index >= 15 is 0 Å². The first-order valence-electron chi connectivity index (χ1n) is 8.37. The van der Waals surface area contributed by atoms with Gasteiger partial charge in [-0.05, 0) is 18.3 Å². The Balaban J connectivity index is 1.70. The second-order valence-electron chi connectivity index (χ2n) is 6.54. The first-order chi connectivity index (χ1) is 11.7. The van der Waals surface area contributed by atoms with Crippen molar-refractivity contribution in [1.29, 1.82) is 0 Å². The monoisotopic (exact) mass is 336 g/mol. The van der Waals surface area contributed by atoms with Crippen LogP contribution in [0.1, 0.15) is 16.9 Å². The molecule has 2 saturated heterocycles. The molecule has 0 aliphatic carbocycles. The van der Waals surface area contributed by atoms with Crippen LogP contribution in [0.25, 0.3) is 0 Å². The van der Waals surface area contributed by atoms with Crippen LogP contribution in [0.4, 0.5) is 5.82 Å². The molecule has 8 nitrogen and oxygen atoms in total. The SMILES string of the molecule is O=C(O)c1cncc(N2C[C@H](CO)C[C@H](CN3CCOCC3)C2)n1. The molecule has 0 unspecified atom stereocenters. The molecule has 3 rings (SSSR count). The van der Waals surface area contributed by atoms with Crippen LogP contribution in [0, 0.1) is 11.8 Å². The molecule has 0 spiro atoms. The van der Waals surface area contributed by atoms with E-state index in [1.165, 1.54) is 6.20 Å². The Morgan fingerprint density at radius 1 is 1.25 bits per heavy atom. The van der Waals surface area contributed by atoms with E-state index in [-0.39, 0.29) is 18.2 Å². The predicted octanol–water partition coefficient (Wildman–Crippen LogP) is -0.0582. The van der Waals surface area contributed by atoms with E-state index in [0.717, 1.165) is 45.8 Å². The lowest BCUT2D eigenvalue weighted by Gasteiger charge is -2.40. The van der Waals surface area contributed by atoms with Gasteiger partial charge in [-0.2, -0.15) is 0 Å². The predicted molar refractivity (Wildman–Crippen MR) is 87.1 cm³/mol. The number of piperidine rings is 1. The van der Waals surface area contributed by atoms with Crippen LogP contribution in [0.5, 0.6) is 0 Å². The summed E-state index contributed by atoms with van der Waals surface area (Å²) < 4.78 is 5.39. The van der Waals surface area contributed by atoms with E-state index < -0.39 is 5.97 Å². The van der Waals surface area contributed by atoms with Crippen LogP contribution in [0.3, 0.4) is 0 Å². The number of morpholine rings is 1. The summed E-state index contributed by atoms with van der Waals surface area (Å²) in [4.78, 5) is 23.7. The number of rotatable bonds is 5. The number of aliphatic hydroxyl groups is 1. The second-order valence-corrected chi connectivity index (χ2v) is 6.54. The highest BCUT2D eigenvalue weighted by Crippen LogP contribution is 2.26. The van der Waals surface area contributed by atoms with Crippen molar-refractivity contribution in [3.8, 4) is 0 Å². The normalized spacial score (nSPS) is 25.6. The third-order valence-corrected chi connectivity index (χ3v) is 4.67. The van der Waals surface area contributed by atoms with Gasteiger partial charge in [0.2, 0.25) is 0 Å². The quantitative estimate of drug-likeness (QED) is 0.772. The van der Waals surface area contributed by atoms with Crippen LogP contribution < -0.4 is 4.90 Å². The molecule has 2 aliphatic rings. The molecule has 0 saturated carbocycles. The molecular formula is C16H24N4O4. The van der Waals surface area contributed by atoms with Crippen LogP contribution in [-0.2, 0) is 4.74 Å². The molecule has 8 heteroatoms. The Labute approximate surface area is 141 Å². The number of nitrogens with zero attached hydrogens (tertiary/aromatic N) is 4. The van der Waals surface area contributed by atoms with Gasteiger partial charge in [-0.3, -0.25) is 9.88 Å². The lowest BCUT2D eigenvalue weighted by molar-refractivity contribution is 0.0268. The molecule has 0 amide bonds. The third kappa shape index (κ3) is 4.19. The number of carboxylic acid groups (broad SMARTS) is 1. The molecule has 2 N–H and O–H groups in total. The number of hydrogen-bond acceptors (Lipinski definition) is 7. The number of aromatic nitrogens is 2. The second kappa shape index (κ2) is 7.87. The molecule has 2 atom stereocenters. The van der Waals surface area contributed by atoms with E-state index in [1.54, 1.807) is 6.20 Å². The summed E-state index contributed by atoms with van der Waals surface area (Å²) in [6, 6.07) is 0. The van der Waals surface area contributed by atoms with Gasteiger partial charge in [-0.1, -0.05) is 0 Å². The van der Waals surface area contributed by atoms with Crippen molar-refractivity contribution in [3.05, 3.63) is 18.1 Å². The van der Waals surface area contributed by atoms with Gasteiger partial charge in [-0.25, -0.2) is 9.78 Å². The largest absolute Gasteiger partial charge is 0.476 e. The van der Waals surface area contributed by atoms with Crippen molar-refractivity contribution in [2.24, 2.45) is 11.8 Å². The van der Waals surface area contributed by atoms with Gasteiger partial charge in [-0.15, -0.1) is 0 Å². The maximum absolute atomic E-state index is 11.1. The summed E-state index contributed by atoms with van der Waals surface area (Å²) in [7, 11) is 0. The lowest BCUT2D eigenvalue weighted by Crippen LogP contribution is -2.48. The van der Waals surface area contributed by atoms with Gasteiger partial charge in [0.15, 0.2) is 5.69 Å². The number of carboxylic acids is 1. The zero-order chi connectivity index (χ0) is 16.9. The van der Waals surface area contributed by atoms with Gasteiger partial charge >= 0.3 is 5.97 Å². The van der Waals surface area contributed by atoms with Crippen LogP contribution in [0.15, 0.2) is 12.4 Å². The molecular weight excluding hydrogens is 312 g/mol. The van der Waals surface area contributed by atoms with Crippen molar-refractivity contribution < 1.29 is 19.7 Å². The Bertz CT molecular complexity index is 565. The van der Waals surface area contributed by atoms with E-state index in [0.29, 0.717) is 18.3 Å². The number of carbonyl (C=O) groups is 1. The van der Waals surface area contributed by atoms with E-state index in [9.17, 15) is 9.90 Å². The lowest BCUT2D eigenvalue weighted by atomic mass is 9.89. The summed E-state index contributed by atoms with van der Waals surface area (Å²) in [5.74, 6) is 0.0642. The minimum absolute atomic E-state index is 0.0525. The van der Waals surface area contributed by atoms with Crippen LogP contribution >= 0.6 is 0 Å². The van der Waals surface area contributed by atoms with Gasteiger partial charge < -0.3 is 19.8 Å². The van der Waals surface area contributed by atoms with E-state index in [4.69, 9.17) is 9.84 Å². The van der Waals surface area contributed by atoms with Gasteiger partial charge in [0.05, 0.1) is 25.6 Å². The summed E-state index contributed by atoms with van der Waals surface area (Å²) >= 11 is 0. The fraction of sp³-hybridized carbons (Fsp3) is 0.688. The molecule has 0 bridgehead atoms. The van der Waals surface area contributed by atoms with Crippen LogP contribution in [0.2, 0.25) is 0 Å². The third-order valence-electron chi connectivity index (χ3n) is 4.67. The summed E-state index contributed by atoms with van der Waals surface area (Å²) in [5.41, 5.74) is -0.0525. The first-order valence-corrected chi connectivity index (χ1v) is 8.37. The molecule has 132 valence electrons. The minimum atomic E-state index is -1.08. The molecule has 3 heterocycles. The van der Waals surface area contributed by atoms with Crippen molar-refractivity contribution in [2.75, 3.05) is 57.4 Å². The number of ether oxygens (including phenoxy) is 1. The fourth-order valence-electron chi connectivity index (χ4n) is 3.53. The van der Waals surface area contributed by atoms with Crippen molar-refractivity contribution in [1.82, 2.24) is 14.9 Å². The highest BCUT2D eigenvalue weighted by Gasteiger charge is 2.29. The standard InChI is InChI=1S/C16H24N4O4/c21-11-13-5-12(8-19-1-3-24-4-2-19)9-20(10-13)15-7-17-6-14(18-15)16(22)23/h6-7,12-13,21H,1-5,8-11H2,(H,22,23)/t12-,13-/m1/s1. The zero-order valence-electron chi connectivity index (χ0n) is 13.7. The minimum Gasteiger partial charge on any atom is -0.476 e. The van der Waals surface area contributed by atoms with E-state index in [1.807, 2.05) is 0 Å². The number of aromatic carboxylic acids is 1. The molecule has 2 aliphatic heterocycles. The van der Waals surface area contributed by atoms with Crippen LogP contribution in [-0.4, -0.2) is 83.6 Å². The Morgan fingerprint density at radius 2 is 2.00 bits per heavy atom. The average molecular weight is 336 g/mol. The number of anilines is 1. The Morgan fingerprint density at radius 3 is 2.71 bits per heavy atom. The fourth-order valence-corrected chi connectivity index (χ4v) is 3.53. The van der Waals surface area contributed by atoms with Crippen molar-refractivity contribution in [3.63, 3.8) is 0 Å². The number of hydrogen-bond donors (Lipinski definition) is 2. The van der Waals surface area contributed by atoms with Crippen molar-refractivity contribution >= 4 is 11.8 Å². The maximum Gasteiger partial charge on any atom is 0.356 e. The summed E-state index contributed by atoms with van der Waals surface area (Å²) in [5, 5.41) is 18.7. The highest BCUT2D eigenvalue weighted by atomic mass is 16.5.